The number of unbranched alkanes of at least 4 members (excludes halogenated alkanes) is 43. The van der Waals surface area contributed by atoms with Gasteiger partial charge in [0.1, 0.15) is 19.3 Å². The summed E-state index contributed by atoms with van der Waals surface area (Å²) in [5.74, 6) is -0.694. The van der Waals surface area contributed by atoms with Gasteiger partial charge in [0.25, 0.3) is 0 Å². The SMILES string of the molecule is CCCCCCCCCCCCCCCCCCCCCC(=O)O[C@H](COC(=O)CCCCCCCCCCCCCCCCC)COP(=O)(O)OC[C@@H](O)COP(=O)(O)OC[C@@H](COC(=O)CCCCCCCCC(C)CC)OC(=O)CCCCCCCCCC(C)C. The van der Waals surface area contributed by atoms with E-state index in [4.69, 9.17) is 37.0 Å². The molecule has 0 saturated carbocycles. The van der Waals surface area contributed by atoms with E-state index in [9.17, 15) is 43.2 Å². The van der Waals surface area contributed by atoms with Crippen LogP contribution in [0.4, 0.5) is 0 Å². The summed E-state index contributed by atoms with van der Waals surface area (Å²) < 4.78 is 68.4. The van der Waals surface area contributed by atoms with E-state index >= 15 is 0 Å². The van der Waals surface area contributed by atoms with E-state index in [1.54, 1.807) is 0 Å². The average Bonchev–Trinajstić information content (AvgIpc) is 1.43. The maximum Gasteiger partial charge on any atom is 0.472 e. The molecule has 0 aromatic heterocycles. The molecule has 3 N–H and O–H groups in total. The lowest BCUT2D eigenvalue weighted by Gasteiger charge is -2.21. The van der Waals surface area contributed by atoms with E-state index in [0.29, 0.717) is 31.6 Å². The van der Waals surface area contributed by atoms with Crippen LogP contribution in [0.2, 0.25) is 0 Å². The first-order valence-electron chi connectivity index (χ1n) is 39.0. The van der Waals surface area contributed by atoms with Gasteiger partial charge in [-0.25, -0.2) is 9.13 Å². The van der Waals surface area contributed by atoms with Crippen molar-refractivity contribution in [3.8, 4) is 0 Å². The third-order valence-electron chi connectivity index (χ3n) is 17.8. The van der Waals surface area contributed by atoms with Crippen molar-refractivity contribution in [2.24, 2.45) is 11.8 Å². The molecule has 0 aliphatic rings. The fourth-order valence-corrected chi connectivity index (χ4v) is 13.0. The first-order valence-corrected chi connectivity index (χ1v) is 42.0. The Morgan fingerprint density at radius 1 is 0.309 bits per heavy atom. The molecular weight excluding hydrogens is 1230 g/mol. The second-order valence-corrected chi connectivity index (χ2v) is 30.7. The monoisotopic (exact) mass is 1380 g/mol. The highest BCUT2D eigenvalue weighted by Crippen LogP contribution is 2.45. The van der Waals surface area contributed by atoms with Gasteiger partial charge in [-0.2, -0.15) is 0 Å². The summed E-state index contributed by atoms with van der Waals surface area (Å²) >= 11 is 0. The van der Waals surface area contributed by atoms with E-state index in [2.05, 4.69) is 41.5 Å². The van der Waals surface area contributed by atoms with Gasteiger partial charge in [-0.1, -0.05) is 337 Å². The van der Waals surface area contributed by atoms with Crippen molar-refractivity contribution in [2.45, 2.75) is 407 Å². The number of phosphoric ester groups is 2. The summed E-state index contributed by atoms with van der Waals surface area (Å²) in [6, 6.07) is 0. The quantitative estimate of drug-likeness (QED) is 0.0222. The highest BCUT2D eigenvalue weighted by atomic mass is 31.2. The van der Waals surface area contributed by atoms with Crippen molar-refractivity contribution in [3.05, 3.63) is 0 Å². The molecule has 19 heteroatoms. The zero-order chi connectivity index (χ0) is 69.3. The second-order valence-electron chi connectivity index (χ2n) is 27.8. The summed E-state index contributed by atoms with van der Waals surface area (Å²) in [5.41, 5.74) is 0. The summed E-state index contributed by atoms with van der Waals surface area (Å²) in [6.45, 7) is 9.48. The number of carbonyl (C=O) groups is 4. The van der Waals surface area contributed by atoms with E-state index in [1.807, 2.05) is 0 Å². The summed E-state index contributed by atoms with van der Waals surface area (Å²) in [5, 5.41) is 10.6. The number of hydrogen-bond donors (Lipinski definition) is 3. The molecule has 0 bridgehead atoms. The molecule has 17 nitrogen and oxygen atoms in total. The first kappa shape index (κ1) is 92.1. The van der Waals surface area contributed by atoms with Gasteiger partial charge in [-0.3, -0.25) is 37.3 Å². The fourth-order valence-electron chi connectivity index (χ4n) is 11.4. The Morgan fingerprint density at radius 3 is 0.809 bits per heavy atom. The van der Waals surface area contributed by atoms with Crippen molar-refractivity contribution < 1.29 is 80.2 Å². The molecule has 0 aliphatic heterocycles. The highest BCUT2D eigenvalue weighted by Gasteiger charge is 2.30. The maximum absolute atomic E-state index is 13.1. The molecule has 0 radical (unpaired) electrons. The van der Waals surface area contributed by atoms with Gasteiger partial charge < -0.3 is 33.8 Å². The number of ether oxygens (including phenoxy) is 4. The fraction of sp³-hybridized carbons (Fsp3) is 0.947. The second kappa shape index (κ2) is 66.9. The molecule has 0 fully saturated rings. The largest absolute Gasteiger partial charge is 0.472 e. The molecule has 0 aliphatic carbocycles. The zero-order valence-corrected chi connectivity index (χ0v) is 63.1. The molecular formula is C75H146O17P2. The smallest absolute Gasteiger partial charge is 0.462 e. The molecule has 0 rings (SSSR count). The third kappa shape index (κ3) is 67.3. The molecule has 0 aromatic rings. The van der Waals surface area contributed by atoms with Crippen LogP contribution >= 0.6 is 15.6 Å². The number of aliphatic hydroxyl groups excluding tert-OH is 1. The minimum absolute atomic E-state index is 0.103. The predicted octanol–water partition coefficient (Wildman–Crippen LogP) is 21.9. The summed E-state index contributed by atoms with van der Waals surface area (Å²) in [4.78, 5) is 72.7. The van der Waals surface area contributed by atoms with Crippen molar-refractivity contribution in [1.82, 2.24) is 0 Å². The number of phosphoric acid groups is 2. The van der Waals surface area contributed by atoms with Crippen LogP contribution in [0.25, 0.3) is 0 Å². The van der Waals surface area contributed by atoms with Gasteiger partial charge in [0, 0.05) is 25.7 Å². The lowest BCUT2D eigenvalue weighted by atomic mass is 10.00. The van der Waals surface area contributed by atoms with Gasteiger partial charge in [0.05, 0.1) is 26.4 Å². The van der Waals surface area contributed by atoms with Crippen LogP contribution in [-0.2, 0) is 65.4 Å². The lowest BCUT2D eigenvalue weighted by Crippen LogP contribution is -2.30. The molecule has 3 unspecified atom stereocenters. The number of aliphatic hydroxyl groups is 1. The molecule has 0 saturated heterocycles. The van der Waals surface area contributed by atoms with Gasteiger partial charge >= 0.3 is 39.5 Å². The Morgan fingerprint density at radius 2 is 0.543 bits per heavy atom. The Hall–Kier alpha value is -1.94. The molecule has 0 heterocycles. The van der Waals surface area contributed by atoms with Gasteiger partial charge in [-0.15, -0.1) is 0 Å². The van der Waals surface area contributed by atoms with Crippen LogP contribution in [0, 0.1) is 11.8 Å². The van der Waals surface area contributed by atoms with Crippen LogP contribution < -0.4 is 0 Å². The van der Waals surface area contributed by atoms with Gasteiger partial charge in [0.2, 0.25) is 0 Å². The van der Waals surface area contributed by atoms with E-state index < -0.39 is 97.5 Å². The Labute approximate surface area is 575 Å². The molecule has 0 amide bonds. The number of esters is 4. The minimum Gasteiger partial charge on any atom is -0.462 e. The number of carbonyl (C=O) groups excluding carboxylic acids is 4. The van der Waals surface area contributed by atoms with E-state index in [0.717, 1.165) is 102 Å². The third-order valence-corrected chi connectivity index (χ3v) is 19.7. The first-order chi connectivity index (χ1) is 45.4. The van der Waals surface area contributed by atoms with Crippen LogP contribution in [0.1, 0.15) is 388 Å². The number of rotatable bonds is 74. The Bertz CT molecular complexity index is 1820. The standard InChI is InChI=1S/C75H146O17P2/c1-7-10-12-14-16-18-20-22-24-25-26-27-29-31-33-35-39-47-53-59-74(79)91-70(63-85-72(77)57-51-45-38-34-32-30-28-23-21-19-17-15-13-11-8-2)65-89-93(81,82)87-61-69(76)62-88-94(83,84)90-66-71(92-75(80)60-54-48-40-36-37-43-49-55-67(4)5)64-86-73(78)58-52-46-42-41-44-50-56-68(6)9-3/h67-71,76H,7-66H2,1-6H3,(H,81,82)(H,83,84)/t68?,69-,70-,71-/m1/s1. The molecule has 6 atom stereocenters. The summed E-state index contributed by atoms with van der Waals surface area (Å²) in [7, 11) is -9.91. The number of hydrogen-bond acceptors (Lipinski definition) is 15. The minimum atomic E-state index is -4.96. The normalized spacial score (nSPS) is 14.3. The van der Waals surface area contributed by atoms with Crippen LogP contribution in [0.3, 0.4) is 0 Å². The van der Waals surface area contributed by atoms with E-state index in [1.165, 1.54) is 199 Å². The topological polar surface area (TPSA) is 237 Å². The van der Waals surface area contributed by atoms with Crippen LogP contribution in [-0.4, -0.2) is 96.7 Å². The van der Waals surface area contributed by atoms with Crippen molar-refractivity contribution >= 4 is 39.5 Å². The van der Waals surface area contributed by atoms with E-state index in [-0.39, 0.29) is 25.7 Å². The highest BCUT2D eigenvalue weighted by molar-refractivity contribution is 7.47. The predicted molar refractivity (Wildman–Crippen MR) is 381 cm³/mol. The molecule has 0 spiro atoms. The molecule has 558 valence electrons. The van der Waals surface area contributed by atoms with Crippen LogP contribution in [0.5, 0.6) is 0 Å². The Kier molecular flexibility index (Phi) is 65.5. The van der Waals surface area contributed by atoms with Crippen LogP contribution in [0.15, 0.2) is 0 Å². The van der Waals surface area contributed by atoms with Gasteiger partial charge in [-0.05, 0) is 37.5 Å². The maximum atomic E-state index is 13.1. The van der Waals surface area contributed by atoms with Crippen molar-refractivity contribution in [1.29, 1.82) is 0 Å². The summed E-state index contributed by atoms with van der Waals surface area (Å²) in [6.07, 6.45) is 54.3. The zero-order valence-electron chi connectivity index (χ0n) is 61.3. The molecule has 94 heavy (non-hydrogen) atoms. The molecule has 0 aromatic carbocycles. The Balaban J connectivity index is 5.22. The van der Waals surface area contributed by atoms with Crippen molar-refractivity contribution in [3.63, 3.8) is 0 Å². The average molecular weight is 1380 g/mol. The van der Waals surface area contributed by atoms with Crippen molar-refractivity contribution in [2.75, 3.05) is 39.6 Å². The lowest BCUT2D eigenvalue weighted by molar-refractivity contribution is -0.161. The van der Waals surface area contributed by atoms with Gasteiger partial charge in [0.15, 0.2) is 12.2 Å².